The van der Waals surface area contributed by atoms with E-state index in [0.29, 0.717) is 0 Å². The Morgan fingerprint density at radius 1 is 1.36 bits per heavy atom. The maximum Gasteiger partial charge on any atom is 0.220 e. The van der Waals surface area contributed by atoms with Gasteiger partial charge in [-0.2, -0.15) is 0 Å². The van der Waals surface area contributed by atoms with E-state index in [1.54, 1.807) is 25.1 Å². The highest BCUT2D eigenvalue weighted by Gasteiger charge is 2.23. The van der Waals surface area contributed by atoms with Crippen LogP contribution in [0.5, 0.6) is 0 Å². The SMILES string of the molecule is CC(=O)C(F)C(=O)c1cccc(C)c1. The van der Waals surface area contributed by atoms with Crippen molar-refractivity contribution in [1.29, 1.82) is 0 Å². The highest BCUT2D eigenvalue weighted by atomic mass is 19.1. The Labute approximate surface area is 81.7 Å². The van der Waals surface area contributed by atoms with Gasteiger partial charge in [-0.25, -0.2) is 4.39 Å². The third-order valence-electron chi connectivity index (χ3n) is 1.89. The number of carbonyl (C=O) groups excluding carboxylic acids is 2. The number of carbonyl (C=O) groups is 2. The van der Waals surface area contributed by atoms with E-state index in [0.717, 1.165) is 12.5 Å². The van der Waals surface area contributed by atoms with Gasteiger partial charge >= 0.3 is 0 Å². The Morgan fingerprint density at radius 2 is 2.00 bits per heavy atom. The van der Waals surface area contributed by atoms with Crippen LogP contribution in [0.25, 0.3) is 0 Å². The average Bonchev–Trinajstić information content (AvgIpc) is 2.15. The Balaban J connectivity index is 2.95. The number of halogens is 1. The second kappa shape index (κ2) is 4.13. The van der Waals surface area contributed by atoms with Crippen LogP contribution in [-0.4, -0.2) is 17.7 Å². The van der Waals surface area contributed by atoms with Gasteiger partial charge < -0.3 is 0 Å². The van der Waals surface area contributed by atoms with Crippen LogP contribution in [0, 0.1) is 6.92 Å². The van der Waals surface area contributed by atoms with Crippen molar-refractivity contribution in [2.75, 3.05) is 0 Å². The molecule has 2 nitrogen and oxygen atoms in total. The summed E-state index contributed by atoms with van der Waals surface area (Å²) in [7, 11) is 0. The van der Waals surface area contributed by atoms with E-state index in [9.17, 15) is 14.0 Å². The van der Waals surface area contributed by atoms with E-state index in [-0.39, 0.29) is 5.56 Å². The number of hydrogen-bond acceptors (Lipinski definition) is 2. The fraction of sp³-hybridized carbons (Fsp3) is 0.273. The van der Waals surface area contributed by atoms with Crippen LogP contribution in [0.3, 0.4) is 0 Å². The van der Waals surface area contributed by atoms with Crippen molar-refractivity contribution in [2.45, 2.75) is 20.0 Å². The van der Waals surface area contributed by atoms with E-state index in [1.807, 2.05) is 0 Å². The molecule has 0 N–H and O–H groups in total. The minimum absolute atomic E-state index is 0.243. The highest BCUT2D eigenvalue weighted by molar-refractivity contribution is 6.12. The molecule has 0 aliphatic heterocycles. The zero-order chi connectivity index (χ0) is 10.7. The quantitative estimate of drug-likeness (QED) is 0.545. The van der Waals surface area contributed by atoms with Crippen molar-refractivity contribution < 1.29 is 14.0 Å². The first-order chi connectivity index (χ1) is 6.52. The number of Topliss-reactive ketones (excluding diaryl/α,β-unsaturated/α-hetero) is 2. The molecule has 3 heteroatoms. The molecule has 1 rings (SSSR count). The molecule has 74 valence electrons. The third-order valence-corrected chi connectivity index (χ3v) is 1.89. The fourth-order valence-electron chi connectivity index (χ4n) is 1.13. The van der Waals surface area contributed by atoms with Gasteiger partial charge in [0.15, 0.2) is 5.78 Å². The van der Waals surface area contributed by atoms with Crippen LogP contribution in [0.2, 0.25) is 0 Å². The molecule has 0 heterocycles. The largest absolute Gasteiger partial charge is 0.296 e. The lowest BCUT2D eigenvalue weighted by Crippen LogP contribution is -2.23. The topological polar surface area (TPSA) is 34.1 Å². The summed E-state index contributed by atoms with van der Waals surface area (Å²) >= 11 is 0. The minimum atomic E-state index is -2.03. The number of hydrogen-bond donors (Lipinski definition) is 0. The molecule has 0 saturated heterocycles. The second-order valence-corrected chi connectivity index (χ2v) is 3.21. The molecule has 0 aliphatic rings. The van der Waals surface area contributed by atoms with Crippen molar-refractivity contribution >= 4 is 11.6 Å². The Kier molecular flexibility index (Phi) is 3.12. The van der Waals surface area contributed by atoms with Crippen LogP contribution in [0.1, 0.15) is 22.8 Å². The Bertz CT molecular complexity index is 371. The van der Waals surface area contributed by atoms with E-state index in [1.165, 1.54) is 6.07 Å². The second-order valence-electron chi connectivity index (χ2n) is 3.21. The molecule has 1 unspecified atom stereocenters. The van der Waals surface area contributed by atoms with Crippen molar-refractivity contribution in [3.8, 4) is 0 Å². The first-order valence-electron chi connectivity index (χ1n) is 4.28. The van der Waals surface area contributed by atoms with Gasteiger partial charge in [-0.1, -0.05) is 23.8 Å². The van der Waals surface area contributed by atoms with E-state index in [2.05, 4.69) is 0 Å². The van der Waals surface area contributed by atoms with Crippen molar-refractivity contribution in [3.63, 3.8) is 0 Å². The molecule has 1 aromatic rings. The summed E-state index contributed by atoms with van der Waals surface area (Å²) in [5, 5.41) is 0. The minimum Gasteiger partial charge on any atom is -0.296 e. The van der Waals surface area contributed by atoms with Gasteiger partial charge in [-0.15, -0.1) is 0 Å². The predicted molar refractivity (Wildman–Crippen MR) is 51.1 cm³/mol. The molecule has 0 fully saturated rings. The summed E-state index contributed by atoms with van der Waals surface area (Å²) in [6.45, 7) is 2.87. The smallest absolute Gasteiger partial charge is 0.220 e. The average molecular weight is 194 g/mol. The molecule has 14 heavy (non-hydrogen) atoms. The number of rotatable bonds is 3. The molecule has 0 aliphatic carbocycles. The van der Waals surface area contributed by atoms with Gasteiger partial charge in [0, 0.05) is 5.56 Å². The summed E-state index contributed by atoms with van der Waals surface area (Å²) in [5.74, 6) is -1.52. The van der Waals surface area contributed by atoms with Gasteiger partial charge in [0.05, 0.1) is 0 Å². The van der Waals surface area contributed by atoms with Gasteiger partial charge in [0.2, 0.25) is 12.0 Å². The molecule has 0 radical (unpaired) electrons. The summed E-state index contributed by atoms with van der Waals surface area (Å²) in [6, 6.07) is 6.54. The number of alkyl halides is 1. The molecular formula is C11H11FO2. The Hall–Kier alpha value is -1.51. The fourth-order valence-corrected chi connectivity index (χ4v) is 1.13. The number of aryl methyl sites for hydroxylation is 1. The van der Waals surface area contributed by atoms with E-state index in [4.69, 9.17) is 0 Å². The van der Waals surface area contributed by atoms with Crippen LogP contribution < -0.4 is 0 Å². The maximum absolute atomic E-state index is 13.0. The lowest BCUT2D eigenvalue weighted by atomic mass is 10.0. The number of ketones is 2. The van der Waals surface area contributed by atoms with E-state index >= 15 is 0 Å². The van der Waals surface area contributed by atoms with Crippen molar-refractivity contribution in [1.82, 2.24) is 0 Å². The van der Waals surface area contributed by atoms with Crippen LogP contribution in [0.15, 0.2) is 24.3 Å². The van der Waals surface area contributed by atoms with Gasteiger partial charge in [-0.3, -0.25) is 9.59 Å². The van der Waals surface area contributed by atoms with Gasteiger partial charge in [0.1, 0.15) is 0 Å². The first kappa shape index (κ1) is 10.6. The van der Waals surface area contributed by atoms with Crippen molar-refractivity contribution in [3.05, 3.63) is 35.4 Å². The lowest BCUT2D eigenvalue weighted by Gasteiger charge is -2.03. The first-order valence-corrected chi connectivity index (χ1v) is 4.28. The monoisotopic (exact) mass is 194 g/mol. The van der Waals surface area contributed by atoms with E-state index < -0.39 is 17.7 Å². The lowest BCUT2D eigenvalue weighted by molar-refractivity contribution is -0.120. The molecule has 0 amide bonds. The predicted octanol–water partition coefficient (Wildman–Crippen LogP) is 2.10. The zero-order valence-electron chi connectivity index (χ0n) is 8.08. The van der Waals surface area contributed by atoms with Gasteiger partial charge in [0.25, 0.3) is 0 Å². The summed E-state index contributed by atoms with van der Waals surface area (Å²) in [4.78, 5) is 22.0. The normalized spacial score (nSPS) is 12.2. The van der Waals surface area contributed by atoms with Crippen LogP contribution >= 0.6 is 0 Å². The summed E-state index contributed by atoms with van der Waals surface area (Å²) in [6.07, 6.45) is -2.03. The molecule has 1 atom stereocenters. The number of benzene rings is 1. The third kappa shape index (κ3) is 2.25. The maximum atomic E-state index is 13.0. The van der Waals surface area contributed by atoms with Gasteiger partial charge in [-0.05, 0) is 19.9 Å². The summed E-state index contributed by atoms with van der Waals surface area (Å²) in [5.41, 5.74) is 1.11. The van der Waals surface area contributed by atoms with Crippen LogP contribution in [-0.2, 0) is 4.79 Å². The molecule has 0 saturated carbocycles. The highest BCUT2D eigenvalue weighted by Crippen LogP contribution is 2.09. The molecule has 1 aromatic carbocycles. The zero-order valence-corrected chi connectivity index (χ0v) is 8.08. The Morgan fingerprint density at radius 3 is 2.50 bits per heavy atom. The molecule has 0 bridgehead atoms. The molecule has 0 aromatic heterocycles. The van der Waals surface area contributed by atoms with Crippen LogP contribution in [0.4, 0.5) is 4.39 Å². The molecule has 0 spiro atoms. The molecular weight excluding hydrogens is 183 g/mol. The van der Waals surface area contributed by atoms with Crippen molar-refractivity contribution in [2.24, 2.45) is 0 Å². The summed E-state index contributed by atoms with van der Waals surface area (Å²) < 4.78 is 13.0. The standard InChI is InChI=1S/C11H11FO2/c1-7-4-3-5-9(6-7)11(14)10(12)8(2)13/h3-6,10H,1-2H3.